The molecule has 1 atom stereocenters. The van der Waals surface area contributed by atoms with Crippen LogP contribution < -0.4 is 0 Å². The number of hydrogen-bond acceptors (Lipinski definition) is 4. The van der Waals surface area contributed by atoms with Gasteiger partial charge in [0.25, 0.3) is 10.0 Å². The lowest BCUT2D eigenvalue weighted by atomic mass is 10.0. The van der Waals surface area contributed by atoms with Crippen molar-refractivity contribution >= 4 is 44.1 Å². The Bertz CT molecular complexity index is 2020. The minimum Gasteiger partial charge on any atom is -0.340 e. The number of rotatable bonds is 8. The molecule has 6 rings (SSSR count). The van der Waals surface area contributed by atoms with Gasteiger partial charge in [0.15, 0.2) is 0 Å². The SMILES string of the molecule is Cc1ccc(S(=O)(=O)n2cc(-c3[nH]c(C(Cc4ccc(Cl)cc4)N(C)C)nc3-c3ccccc3)c3ccc(Cl)cc32)cc1. The summed E-state index contributed by atoms with van der Waals surface area (Å²) in [7, 11) is 0.115. The molecule has 0 fully saturated rings. The molecule has 218 valence electrons. The van der Waals surface area contributed by atoms with Gasteiger partial charge < -0.3 is 4.98 Å². The largest absolute Gasteiger partial charge is 0.340 e. The smallest absolute Gasteiger partial charge is 0.268 e. The van der Waals surface area contributed by atoms with Crippen molar-refractivity contribution in [2.24, 2.45) is 0 Å². The Morgan fingerprint density at radius 3 is 2.23 bits per heavy atom. The fourth-order valence-electron chi connectivity index (χ4n) is 5.31. The van der Waals surface area contributed by atoms with Crippen LogP contribution in [-0.2, 0) is 16.4 Å². The maximum absolute atomic E-state index is 14.0. The molecule has 0 aliphatic rings. The quantitative estimate of drug-likeness (QED) is 0.184. The molecule has 0 saturated heterocycles. The second kappa shape index (κ2) is 11.7. The Morgan fingerprint density at radius 1 is 0.884 bits per heavy atom. The number of imidazole rings is 1. The molecule has 6 aromatic rings. The molecular weight excluding hydrogens is 599 g/mol. The first kappa shape index (κ1) is 29.2. The molecule has 0 aliphatic carbocycles. The summed E-state index contributed by atoms with van der Waals surface area (Å²) >= 11 is 12.6. The summed E-state index contributed by atoms with van der Waals surface area (Å²) in [5.74, 6) is 0.769. The van der Waals surface area contributed by atoms with Crippen molar-refractivity contribution in [2.75, 3.05) is 14.1 Å². The fraction of sp³-hybridized carbons (Fsp3) is 0.147. The van der Waals surface area contributed by atoms with Crippen LogP contribution in [0.25, 0.3) is 33.4 Å². The third kappa shape index (κ3) is 5.74. The van der Waals surface area contributed by atoms with Crippen LogP contribution in [0, 0.1) is 6.92 Å². The molecule has 0 radical (unpaired) electrons. The highest BCUT2D eigenvalue weighted by Crippen LogP contribution is 2.39. The summed E-state index contributed by atoms with van der Waals surface area (Å²) < 4.78 is 29.3. The van der Waals surface area contributed by atoms with Crippen molar-refractivity contribution < 1.29 is 8.42 Å². The van der Waals surface area contributed by atoms with Gasteiger partial charge in [0, 0.05) is 32.8 Å². The Balaban J connectivity index is 1.56. The van der Waals surface area contributed by atoms with Crippen LogP contribution in [0.4, 0.5) is 0 Å². The van der Waals surface area contributed by atoms with Crippen LogP contribution in [0.3, 0.4) is 0 Å². The molecule has 0 amide bonds. The summed E-state index contributed by atoms with van der Waals surface area (Å²) in [6.45, 7) is 1.92. The first-order valence-electron chi connectivity index (χ1n) is 13.8. The number of aryl methyl sites for hydroxylation is 1. The number of halogens is 2. The number of fused-ring (bicyclic) bond motifs is 1. The summed E-state index contributed by atoms with van der Waals surface area (Å²) in [5.41, 5.74) is 5.69. The van der Waals surface area contributed by atoms with Crippen LogP contribution in [0.1, 0.15) is 23.0 Å². The molecule has 1 N–H and O–H groups in total. The first-order chi connectivity index (χ1) is 20.6. The molecule has 2 aromatic heterocycles. The molecule has 0 aliphatic heterocycles. The van der Waals surface area contributed by atoms with Gasteiger partial charge in [0.2, 0.25) is 0 Å². The van der Waals surface area contributed by atoms with Crippen molar-refractivity contribution in [3.05, 3.63) is 130 Å². The lowest BCUT2D eigenvalue weighted by molar-refractivity contribution is 0.287. The molecule has 6 nitrogen and oxygen atoms in total. The van der Waals surface area contributed by atoms with Crippen LogP contribution >= 0.6 is 23.2 Å². The van der Waals surface area contributed by atoms with Crippen molar-refractivity contribution in [3.63, 3.8) is 0 Å². The highest BCUT2D eigenvalue weighted by molar-refractivity contribution is 7.90. The summed E-state index contributed by atoms with van der Waals surface area (Å²) in [5, 5.41) is 1.88. The maximum Gasteiger partial charge on any atom is 0.268 e. The number of benzene rings is 4. The number of nitrogens with one attached hydrogen (secondary N) is 1. The summed E-state index contributed by atoms with van der Waals surface area (Å²) in [4.78, 5) is 11.1. The first-order valence-corrected chi connectivity index (χ1v) is 16.0. The lowest BCUT2D eigenvalue weighted by Gasteiger charge is -2.22. The molecule has 0 bridgehead atoms. The summed E-state index contributed by atoms with van der Waals surface area (Å²) in [6, 6.07) is 29.8. The van der Waals surface area contributed by atoms with Crippen LogP contribution in [0.5, 0.6) is 0 Å². The van der Waals surface area contributed by atoms with E-state index in [2.05, 4.69) is 9.88 Å². The molecule has 0 spiro atoms. The second-order valence-electron chi connectivity index (χ2n) is 10.8. The van der Waals surface area contributed by atoms with E-state index in [4.69, 9.17) is 28.2 Å². The number of aromatic amines is 1. The van der Waals surface area contributed by atoms with Gasteiger partial charge in [0.05, 0.1) is 27.8 Å². The Morgan fingerprint density at radius 2 is 1.56 bits per heavy atom. The predicted octanol–water partition coefficient (Wildman–Crippen LogP) is 8.40. The van der Waals surface area contributed by atoms with E-state index in [0.717, 1.165) is 39.3 Å². The number of nitrogens with zero attached hydrogens (tertiary/aromatic N) is 3. The van der Waals surface area contributed by atoms with Gasteiger partial charge >= 0.3 is 0 Å². The molecule has 9 heteroatoms. The zero-order valence-electron chi connectivity index (χ0n) is 23.9. The highest BCUT2D eigenvalue weighted by Gasteiger charge is 2.27. The van der Waals surface area contributed by atoms with E-state index in [-0.39, 0.29) is 10.9 Å². The lowest BCUT2D eigenvalue weighted by Crippen LogP contribution is -2.23. The monoisotopic (exact) mass is 628 g/mol. The zero-order valence-corrected chi connectivity index (χ0v) is 26.3. The van der Waals surface area contributed by atoms with Crippen molar-refractivity contribution in [2.45, 2.75) is 24.3 Å². The number of likely N-dealkylation sites (N-methyl/N-ethyl adjacent to an activating group) is 1. The maximum atomic E-state index is 14.0. The highest BCUT2D eigenvalue weighted by atomic mass is 35.5. The average Bonchev–Trinajstić information content (AvgIpc) is 3.59. The van der Waals surface area contributed by atoms with E-state index in [0.29, 0.717) is 27.5 Å². The van der Waals surface area contributed by atoms with Crippen LogP contribution in [0.2, 0.25) is 10.0 Å². The van der Waals surface area contributed by atoms with E-state index in [9.17, 15) is 8.42 Å². The standard InChI is InChI=1S/C34H30Cl2N4O2S/c1-22-9-16-27(17-10-22)43(41,42)40-21-29(28-18-15-26(36)20-30(28)40)33-32(24-7-5-4-6-8-24)37-34(38-33)31(39(2)3)19-23-11-13-25(35)14-12-23/h4-18,20-21,31H,19H2,1-3H3,(H,37,38). The van der Waals surface area contributed by atoms with Gasteiger partial charge in [-0.1, -0.05) is 89.4 Å². The van der Waals surface area contributed by atoms with E-state index in [1.165, 1.54) is 3.97 Å². The van der Waals surface area contributed by atoms with E-state index in [1.807, 2.05) is 81.7 Å². The van der Waals surface area contributed by atoms with Gasteiger partial charge in [-0.05, 0) is 69.4 Å². The Hall–Kier alpha value is -3.88. The molecule has 2 heterocycles. The molecule has 43 heavy (non-hydrogen) atoms. The van der Waals surface area contributed by atoms with E-state index >= 15 is 0 Å². The Kier molecular flexibility index (Phi) is 7.92. The summed E-state index contributed by atoms with van der Waals surface area (Å²) in [6.07, 6.45) is 2.37. The van der Waals surface area contributed by atoms with Crippen molar-refractivity contribution in [3.8, 4) is 22.5 Å². The van der Waals surface area contributed by atoms with Crippen LogP contribution in [0.15, 0.2) is 108 Å². The number of hydrogen-bond donors (Lipinski definition) is 1. The molecule has 0 saturated carbocycles. The zero-order chi connectivity index (χ0) is 30.3. The molecule has 4 aromatic carbocycles. The fourth-order valence-corrected chi connectivity index (χ4v) is 6.96. The van der Waals surface area contributed by atoms with Gasteiger partial charge in [-0.3, -0.25) is 4.90 Å². The third-order valence-electron chi connectivity index (χ3n) is 7.63. The molecular formula is C34H30Cl2N4O2S. The predicted molar refractivity (Wildman–Crippen MR) is 175 cm³/mol. The number of aromatic nitrogens is 3. The van der Waals surface area contributed by atoms with Gasteiger partial charge in [-0.15, -0.1) is 0 Å². The van der Waals surface area contributed by atoms with Gasteiger partial charge in [-0.25, -0.2) is 17.4 Å². The van der Waals surface area contributed by atoms with Gasteiger partial charge in [0.1, 0.15) is 5.82 Å². The van der Waals surface area contributed by atoms with Crippen LogP contribution in [-0.4, -0.2) is 41.4 Å². The second-order valence-corrected chi connectivity index (χ2v) is 13.5. The normalized spacial score (nSPS) is 12.7. The topological polar surface area (TPSA) is 71.0 Å². The number of H-pyrrole nitrogens is 1. The average molecular weight is 630 g/mol. The van der Waals surface area contributed by atoms with Gasteiger partial charge in [-0.2, -0.15) is 0 Å². The van der Waals surface area contributed by atoms with Crippen molar-refractivity contribution in [1.29, 1.82) is 0 Å². The minimum absolute atomic E-state index is 0.0866. The van der Waals surface area contributed by atoms with E-state index < -0.39 is 10.0 Å². The Labute approximate surface area is 261 Å². The molecule has 1 unspecified atom stereocenters. The van der Waals surface area contributed by atoms with E-state index in [1.54, 1.807) is 42.6 Å². The third-order valence-corrected chi connectivity index (χ3v) is 9.81. The van der Waals surface area contributed by atoms with Crippen molar-refractivity contribution in [1.82, 2.24) is 18.8 Å². The minimum atomic E-state index is -3.93.